The minimum absolute atomic E-state index is 0.00339. The average Bonchev–Trinajstić information content (AvgIpc) is 3.25. The summed E-state index contributed by atoms with van der Waals surface area (Å²) in [4.78, 5) is 14.6. The Hall–Kier alpha value is -2.85. The number of nitrogens with zero attached hydrogens (tertiary/aromatic N) is 1. The third kappa shape index (κ3) is 2.82. The number of rotatable bonds is 4. The number of fused-ring (bicyclic) bond motifs is 1. The van der Waals surface area contributed by atoms with Crippen molar-refractivity contribution in [3.63, 3.8) is 0 Å². The molecule has 3 aromatic rings. The zero-order chi connectivity index (χ0) is 18.3. The minimum Gasteiger partial charge on any atom is -0.398 e. The Morgan fingerprint density at radius 1 is 1.19 bits per heavy atom. The van der Waals surface area contributed by atoms with Gasteiger partial charge in [-0.3, -0.25) is 4.79 Å². The predicted molar refractivity (Wildman–Crippen MR) is 109 cm³/mol. The van der Waals surface area contributed by atoms with Gasteiger partial charge in [0.05, 0.1) is 5.56 Å². The zero-order valence-corrected chi connectivity index (χ0v) is 15.5. The highest BCUT2D eigenvalue weighted by atomic mass is 32.1. The molecule has 0 bridgehead atoms. The molecule has 0 saturated carbocycles. The van der Waals surface area contributed by atoms with Gasteiger partial charge in [0.1, 0.15) is 0 Å². The third-order valence-corrected chi connectivity index (χ3v) is 5.37. The van der Waals surface area contributed by atoms with E-state index in [9.17, 15) is 4.79 Å². The van der Waals surface area contributed by atoms with Crippen molar-refractivity contribution in [3.05, 3.63) is 76.5 Å². The highest BCUT2D eigenvalue weighted by molar-refractivity contribution is 7.08. The van der Waals surface area contributed by atoms with Crippen molar-refractivity contribution in [1.82, 2.24) is 4.90 Å². The lowest BCUT2D eigenvalue weighted by Crippen LogP contribution is -2.25. The maximum atomic E-state index is 12.8. The maximum absolute atomic E-state index is 12.8. The Bertz CT molecular complexity index is 1000. The molecule has 4 rings (SSSR count). The van der Waals surface area contributed by atoms with E-state index in [0.717, 1.165) is 22.3 Å². The summed E-state index contributed by atoms with van der Waals surface area (Å²) in [6, 6.07) is 14.4. The number of nitrogen functional groups attached to an aromatic ring is 1. The third-order valence-electron chi connectivity index (χ3n) is 4.68. The maximum Gasteiger partial charge on any atom is 0.256 e. The number of nitrogens with two attached hydrogens (primary N) is 1. The first-order valence-electron chi connectivity index (χ1n) is 8.52. The summed E-state index contributed by atoms with van der Waals surface area (Å²) in [5, 5.41) is 4.22. The van der Waals surface area contributed by atoms with Crippen LogP contribution in [-0.2, 0) is 6.54 Å². The lowest BCUT2D eigenvalue weighted by molar-refractivity contribution is 0.0793. The van der Waals surface area contributed by atoms with Crippen LogP contribution < -0.4 is 5.73 Å². The largest absolute Gasteiger partial charge is 0.398 e. The van der Waals surface area contributed by atoms with Crippen LogP contribution >= 0.6 is 11.3 Å². The number of thiophene rings is 1. The average molecular weight is 360 g/mol. The second kappa shape index (κ2) is 6.46. The monoisotopic (exact) mass is 360 g/mol. The van der Waals surface area contributed by atoms with Crippen LogP contribution in [0, 0.1) is 0 Å². The van der Waals surface area contributed by atoms with Crippen molar-refractivity contribution in [2.24, 2.45) is 0 Å². The van der Waals surface area contributed by atoms with E-state index in [-0.39, 0.29) is 5.91 Å². The summed E-state index contributed by atoms with van der Waals surface area (Å²) in [7, 11) is 0. The SMILES string of the molecule is C=C(C)CN1Cc2c(-c3cccc(-c4ccsc4)c3)ccc(N)c2C1=O. The summed E-state index contributed by atoms with van der Waals surface area (Å²) in [6.45, 7) is 7.00. The zero-order valence-electron chi connectivity index (χ0n) is 14.7. The van der Waals surface area contributed by atoms with Gasteiger partial charge in [0.25, 0.3) is 5.91 Å². The number of hydrogen-bond acceptors (Lipinski definition) is 3. The van der Waals surface area contributed by atoms with Gasteiger partial charge < -0.3 is 10.6 Å². The molecule has 0 aliphatic carbocycles. The molecule has 2 aromatic carbocycles. The Labute approximate surface area is 157 Å². The van der Waals surface area contributed by atoms with Crippen molar-refractivity contribution in [2.45, 2.75) is 13.5 Å². The minimum atomic E-state index is -0.00339. The number of hydrogen-bond donors (Lipinski definition) is 1. The second-order valence-corrected chi connectivity index (χ2v) is 7.55. The van der Waals surface area contributed by atoms with Gasteiger partial charge in [0, 0.05) is 18.8 Å². The van der Waals surface area contributed by atoms with Gasteiger partial charge in [-0.15, -0.1) is 0 Å². The Morgan fingerprint density at radius 2 is 2.00 bits per heavy atom. The van der Waals surface area contributed by atoms with E-state index in [1.54, 1.807) is 11.3 Å². The summed E-state index contributed by atoms with van der Waals surface area (Å²) >= 11 is 1.69. The molecule has 0 saturated heterocycles. The molecule has 26 heavy (non-hydrogen) atoms. The van der Waals surface area contributed by atoms with Crippen molar-refractivity contribution < 1.29 is 4.79 Å². The van der Waals surface area contributed by atoms with Crippen LogP contribution in [0.3, 0.4) is 0 Å². The van der Waals surface area contributed by atoms with E-state index < -0.39 is 0 Å². The van der Waals surface area contributed by atoms with Gasteiger partial charge in [0.15, 0.2) is 0 Å². The number of anilines is 1. The summed E-state index contributed by atoms with van der Waals surface area (Å²) in [5.74, 6) is -0.00339. The first-order valence-corrected chi connectivity index (χ1v) is 9.47. The fourth-order valence-corrected chi connectivity index (χ4v) is 4.19. The number of carbonyl (C=O) groups excluding carboxylic acids is 1. The quantitative estimate of drug-likeness (QED) is 0.514. The molecule has 1 amide bonds. The van der Waals surface area contributed by atoms with E-state index >= 15 is 0 Å². The van der Waals surface area contributed by atoms with Crippen LogP contribution in [0.15, 0.2) is 65.4 Å². The molecule has 2 N–H and O–H groups in total. The smallest absolute Gasteiger partial charge is 0.256 e. The molecule has 0 spiro atoms. The molecule has 0 atom stereocenters. The van der Waals surface area contributed by atoms with Crippen LogP contribution in [0.1, 0.15) is 22.8 Å². The highest BCUT2D eigenvalue weighted by Gasteiger charge is 2.31. The van der Waals surface area contributed by atoms with Gasteiger partial charge >= 0.3 is 0 Å². The lowest BCUT2D eigenvalue weighted by atomic mass is 9.94. The summed E-state index contributed by atoms with van der Waals surface area (Å²) in [6.07, 6.45) is 0. The van der Waals surface area contributed by atoms with Gasteiger partial charge in [-0.2, -0.15) is 11.3 Å². The molecule has 1 aliphatic rings. The van der Waals surface area contributed by atoms with E-state index in [1.807, 2.05) is 24.0 Å². The van der Waals surface area contributed by atoms with Gasteiger partial charge in [-0.25, -0.2) is 0 Å². The Balaban J connectivity index is 1.80. The summed E-state index contributed by atoms with van der Waals surface area (Å²) in [5.41, 5.74) is 13.9. The number of benzene rings is 2. The predicted octanol–water partition coefficient (Wildman–Crippen LogP) is 5.20. The van der Waals surface area contributed by atoms with Gasteiger partial charge in [0.2, 0.25) is 0 Å². The molecule has 2 heterocycles. The first kappa shape index (κ1) is 16.6. The molecule has 0 fully saturated rings. The van der Waals surface area contributed by atoms with E-state index in [4.69, 9.17) is 5.73 Å². The molecule has 4 heteroatoms. The number of amides is 1. The summed E-state index contributed by atoms with van der Waals surface area (Å²) < 4.78 is 0. The first-order chi connectivity index (χ1) is 12.5. The van der Waals surface area contributed by atoms with Gasteiger partial charge in [-0.05, 0) is 63.7 Å². The van der Waals surface area contributed by atoms with Crippen molar-refractivity contribution in [1.29, 1.82) is 0 Å². The topological polar surface area (TPSA) is 46.3 Å². The molecule has 3 nitrogen and oxygen atoms in total. The van der Waals surface area contributed by atoms with Crippen LogP contribution in [0.25, 0.3) is 22.3 Å². The molecule has 130 valence electrons. The van der Waals surface area contributed by atoms with E-state index in [1.165, 1.54) is 11.1 Å². The molecule has 1 aliphatic heterocycles. The van der Waals surface area contributed by atoms with E-state index in [2.05, 4.69) is 47.7 Å². The van der Waals surface area contributed by atoms with Crippen LogP contribution in [0.5, 0.6) is 0 Å². The molecular formula is C22H20N2OS. The fourth-order valence-electron chi connectivity index (χ4n) is 3.52. The van der Waals surface area contributed by atoms with Crippen molar-refractivity contribution in [3.8, 4) is 22.3 Å². The van der Waals surface area contributed by atoms with Crippen molar-refractivity contribution >= 4 is 22.9 Å². The number of carbonyl (C=O) groups is 1. The molecule has 0 unspecified atom stereocenters. The Kier molecular flexibility index (Phi) is 4.13. The van der Waals surface area contributed by atoms with Gasteiger partial charge in [-0.1, -0.05) is 36.4 Å². The molecule has 1 aromatic heterocycles. The van der Waals surface area contributed by atoms with E-state index in [0.29, 0.717) is 24.3 Å². The van der Waals surface area contributed by atoms with Crippen LogP contribution in [-0.4, -0.2) is 17.4 Å². The van der Waals surface area contributed by atoms with Crippen molar-refractivity contribution in [2.75, 3.05) is 12.3 Å². The normalized spacial score (nSPS) is 13.1. The molecule has 0 radical (unpaired) electrons. The highest BCUT2D eigenvalue weighted by Crippen LogP contribution is 2.37. The molecular weight excluding hydrogens is 340 g/mol. The second-order valence-electron chi connectivity index (χ2n) is 6.77. The Morgan fingerprint density at radius 3 is 2.73 bits per heavy atom. The van der Waals surface area contributed by atoms with Crippen LogP contribution in [0.2, 0.25) is 0 Å². The fraction of sp³-hybridized carbons (Fsp3) is 0.136. The lowest BCUT2D eigenvalue weighted by Gasteiger charge is -2.15. The standard InChI is InChI=1S/C22H20N2OS/c1-14(2)11-24-12-19-18(6-7-20(23)21(19)22(24)25)16-5-3-4-15(10-16)17-8-9-26-13-17/h3-10,13H,1,11-12,23H2,2H3. The van der Waals surface area contributed by atoms with Crippen LogP contribution in [0.4, 0.5) is 5.69 Å².